The molecule has 1 amide bonds. The smallest absolute Gasteiger partial charge is 0.431 e. The van der Waals surface area contributed by atoms with Crippen molar-refractivity contribution < 1.29 is 14.4 Å². The van der Waals surface area contributed by atoms with Crippen LogP contribution in [0.1, 0.15) is 11.4 Å². The van der Waals surface area contributed by atoms with Crippen LogP contribution in [0.25, 0.3) is 11.0 Å². The van der Waals surface area contributed by atoms with E-state index in [0.717, 1.165) is 16.9 Å². The van der Waals surface area contributed by atoms with Gasteiger partial charge in [0.05, 0.1) is 18.1 Å². The quantitative estimate of drug-likeness (QED) is 0.809. The number of hydrogen-bond donors (Lipinski definition) is 2. The summed E-state index contributed by atoms with van der Waals surface area (Å²) in [4.78, 5) is 23.0. The van der Waals surface area contributed by atoms with Gasteiger partial charge in [0.25, 0.3) is 0 Å². The number of carbonyl (C=O) groups excluding carboxylic acids is 1. The highest BCUT2D eigenvalue weighted by Crippen LogP contribution is 2.13. The van der Waals surface area contributed by atoms with E-state index in [1.807, 2.05) is 25.1 Å². The van der Waals surface area contributed by atoms with Gasteiger partial charge in [0.15, 0.2) is 0 Å². The lowest BCUT2D eigenvalue weighted by Gasteiger charge is -2.02. The van der Waals surface area contributed by atoms with Gasteiger partial charge in [-0.1, -0.05) is 6.07 Å². The SMILES string of the molecule is CONC(=O)OCCc1nc2ccc(C)cc2[nH]1. The summed E-state index contributed by atoms with van der Waals surface area (Å²) in [5, 5.41) is 0. The third kappa shape index (κ3) is 2.98. The molecule has 2 rings (SSSR count). The highest BCUT2D eigenvalue weighted by atomic mass is 16.7. The van der Waals surface area contributed by atoms with Gasteiger partial charge in [0, 0.05) is 6.42 Å². The second kappa shape index (κ2) is 5.50. The molecule has 2 N–H and O–H groups in total. The molecule has 0 fully saturated rings. The van der Waals surface area contributed by atoms with Crippen molar-refractivity contribution in [3.05, 3.63) is 29.6 Å². The summed E-state index contributed by atoms with van der Waals surface area (Å²) < 4.78 is 4.87. The fourth-order valence-corrected chi connectivity index (χ4v) is 1.65. The van der Waals surface area contributed by atoms with Crippen LogP contribution in [0, 0.1) is 6.92 Å². The lowest BCUT2D eigenvalue weighted by Crippen LogP contribution is -2.23. The summed E-state index contributed by atoms with van der Waals surface area (Å²) in [6, 6.07) is 6.00. The molecule has 1 aromatic carbocycles. The number of aryl methyl sites for hydroxylation is 1. The number of hydrogen-bond acceptors (Lipinski definition) is 4. The van der Waals surface area contributed by atoms with Crippen LogP contribution < -0.4 is 5.48 Å². The molecule has 0 bridgehead atoms. The average molecular weight is 249 g/mol. The van der Waals surface area contributed by atoms with Gasteiger partial charge < -0.3 is 9.72 Å². The zero-order chi connectivity index (χ0) is 13.0. The van der Waals surface area contributed by atoms with Crippen LogP contribution in [0.2, 0.25) is 0 Å². The minimum Gasteiger partial charge on any atom is -0.448 e. The maximum absolute atomic E-state index is 11.0. The maximum Gasteiger partial charge on any atom is 0.431 e. The molecule has 0 saturated carbocycles. The van der Waals surface area contributed by atoms with E-state index < -0.39 is 6.09 Å². The number of fused-ring (bicyclic) bond motifs is 1. The molecule has 0 aliphatic carbocycles. The molecule has 1 aromatic heterocycles. The molecule has 1 heterocycles. The number of H-pyrrole nitrogens is 1. The monoisotopic (exact) mass is 249 g/mol. The Morgan fingerprint density at radius 3 is 3.11 bits per heavy atom. The van der Waals surface area contributed by atoms with E-state index in [0.29, 0.717) is 6.42 Å². The number of imidazole rings is 1. The van der Waals surface area contributed by atoms with E-state index in [4.69, 9.17) is 4.74 Å². The molecule has 6 nitrogen and oxygen atoms in total. The van der Waals surface area contributed by atoms with E-state index in [9.17, 15) is 4.79 Å². The third-order valence-corrected chi connectivity index (χ3v) is 2.44. The van der Waals surface area contributed by atoms with E-state index in [1.54, 1.807) is 0 Å². The lowest BCUT2D eigenvalue weighted by atomic mass is 10.2. The van der Waals surface area contributed by atoms with Gasteiger partial charge in [-0.25, -0.2) is 9.78 Å². The van der Waals surface area contributed by atoms with Crippen molar-refractivity contribution >= 4 is 17.1 Å². The van der Waals surface area contributed by atoms with E-state index in [2.05, 4.69) is 20.3 Å². The van der Waals surface area contributed by atoms with Gasteiger partial charge in [-0.15, -0.1) is 0 Å². The summed E-state index contributed by atoms with van der Waals surface area (Å²) in [5.41, 5.74) is 5.15. The van der Waals surface area contributed by atoms with E-state index >= 15 is 0 Å². The molecule has 0 saturated heterocycles. The second-order valence-electron chi connectivity index (χ2n) is 3.90. The molecule has 2 aromatic rings. The number of nitrogens with zero attached hydrogens (tertiary/aromatic N) is 1. The molecule has 0 aliphatic rings. The molecule has 0 radical (unpaired) electrons. The summed E-state index contributed by atoms with van der Waals surface area (Å²) >= 11 is 0. The van der Waals surface area contributed by atoms with Crippen molar-refractivity contribution in [3.63, 3.8) is 0 Å². The number of carbonyl (C=O) groups is 1. The average Bonchev–Trinajstić information content (AvgIpc) is 2.71. The van der Waals surface area contributed by atoms with Gasteiger partial charge in [0.2, 0.25) is 0 Å². The largest absolute Gasteiger partial charge is 0.448 e. The topological polar surface area (TPSA) is 76.2 Å². The Bertz CT molecular complexity index is 550. The predicted molar refractivity (Wildman–Crippen MR) is 66.0 cm³/mol. The van der Waals surface area contributed by atoms with Crippen molar-refractivity contribution in [2.75, 3.05) is 13.7 Å². The molecule has 0 unspecified atom stereocenters. The molecule has 96 valence electrons. The maximum atomic E-state index is 11.0. The summed E-state index contributed by atoms with van der Waals surface area (Å²) in [6.07, 6.45) is -0.0744. The molecule has 0 atom stereocenters. The number of benzene rings is 1. The summed E-state index contributed by atoms with van der Waals surface area (Å²) in [6.45, 7) is 2.27. The van der Waals surface area contributed by atoms with Gasteiger partial charge in [-0.2, -0.15) is 5.48 Å². The molecule has 0 spiro atoms. The van der Waals surface area contributed by atoms with Crippen LogP contribution >= 0.6 is 0 Å². The van der Waals surface area contributed by atoms with Crippen LogP contribution in [0.4, 0.5) is 4.79 Å². The zero-order valence-electron chi connectivity index (χ0n) is 10.3. The normalized spacial score (nSPS) is 10.6. The molecular weight excluding hydrogens is 234 g/mol. The van der Waals surface area contributed by atoms with E-state index in [1.165, 1.54) is 12.7 Å². The minimum atomic E-state index is -0.607. The fraction of sp³-hybridized carbons (Fsp3) is 0.333. The summed E-state index contributed by atoms with van der Waals surface area (Å²) in [7, 11) is 1.35. The number of amides is 1. The fourth-order valence-electron chi connectivity index (χ4n) is 1.65. The molecule has 18 heavy (non-hydrogen) atoms. The van der Waals surface area contributed by atoms with Crippen molar-refractivity contribution in [1.82, 2.24) is 15.4 Å². The number of aromatic amines is 1. The van der Waals surface area contributed by atoms with Crippen LogP contribution in [-0.2, 0) is 16.0 Å². The van der Waals surface area contributed by atoms with Crippen molar-refractivity contribution in [3.8, 4) is 0 Å². The number of hydroxylamine groups is 1. The lowest BCUT2D eigenvalue weighted by molar-refractivity contribution is 0.0590. The minimum absolute atomic E-state index is 0.244. The first-order valence-electron chi connectivity index (χ1n) is 5.60. The van der Waals surface area contributed by atoms with Crippen LogP contribution in [0.15, 0.2) is 18.2 Å². The Hall–Kier alpha value is -2.08. The number of nitrogens with one attached hydrogen (secondary N) is 2. The van der Waals surface area contributed by atoms with Gasteiger partial charge in [-0.05, 0) is 24.6 Å². The molecule has 6 heteroatoms. The standard InChI is InChI=1S/C12H15N3O3/c1-8-3-4-9-10(7-8)14-11(13-9)5-6-18-12(16)15-17-2/h3-4,7H,5-6H2,1-2H3,(H,13,14)(H,15,16). The Labute approximate surface area is 104 Å². The van der Waals surface area contributed by atoms with Crippen molar-refractivity contribution in [2.24, 2.45) is 0 Å². The Morgan fingerprint density at radius 1 is 1.50 bits per heavy atom. The Balaban J connectivity index is 1.94. The molecular formula is C12H15N3O3. The summed E-state index contributed by atoms with van der Waals surface area (Å²) in [5.74, 6) is 0.792. The van der Waals surface area contributed by atoms with Gasteiger partial charge in [-0.3, -0.25) is 4.84 Å². The van der Waals surface area contributed by atoms with Gasteiger partial charge >= 0.3 is 6.09 Å². The Kier molecular flexibility index (Phi) is 3.78. The number of aromatic nitrogens is 2. The van der Waals surface area contributed by atoms with Crippen molar-refractivity contribution in [1.29, 1.82) is 0 Å². The second-order valence-corrected chi connectivity index (χ2v) is 3.90. The van der Waals surface area contributed by atoms with Crippen LogP contribution in [0.3, 0.4) is 0 Å². The van der Waals surface area contributed by atoms with Crippen LogP contribution in [-0.4, -0.2) is 29.8 Å². The molecule has 0 aliphatic heterocycles. The highest BCUT2D eigenvalue weighted by Gasteiger charge is 2.05. The zero-order valence-corrected chi connectivity index (χ0v) is 10.3. The first-order chi connectivity index (χ1) is 8.69. The number of ether oxygens (including phenoxy) is 1. The Morgan fingerprint density at radius 2 is 2.33 bits per heavy atom. The highest BCUT2D eigenvalue weighted by molar-refractivity contribution is 5.75. The third-order valence-electron chi connectivity index (χ3n) is 2.44. The van der Waals surface area contributed by atoms with Crippen LogP contribution in [0.5, 0.6) is 0 Å². The first kappa shape index (κ1) is 12.4. The number of rotatable bonds is 4. The van der Waals surface area contributed by atoms with Crippen molar-refractivity contribution in [2.45, 2.75) is 13.3 Å². The first-order valence-corrected chi connectivity index (χ1v) is 5.60. The van der Waals surface area contributed by atoms with Gasteiger partial charge in [0.1, 0.15) is 12.4 Å². The van der Waals surface area contributed by atoms with E-state index in [-0.39, 0.29) is 6.61 Å². The predicted octanol–water partition coefficient (Wildman–Crippen LogP) is 1.70.